The average Bonchev–Trinajstić information content (AvgIpc) is 2.77. The second-order valence-corrected chi connectivity index (χ2v) is 7.34. The minimum absolute atomic E-state index is 0.207. The maximum Gasteiger partial charge on any atom is 0.258 e. The van der Waals surface area contributed by atoms with Crippen LogP contribution in [0.3, 0.4) is 0 Å². The lowest BCUT2D eigenvalue weighted by atomic mass is 10.2. The number of carbonyl (C=O) groups excluding carboxylic acids is 2. The quantitative estimate of drug-likeness (QED) is 0.324. The number of anilines is 1. The topological polar surface area (TPSA) is 108 Å². The number of ether oxygens (including phenoxy) is 4. The number of carbonyl (C=O) groups is 2. The summed E-state index contributed by atoms with van der Waals surface area (Å²) in [4.78, 5) is 25.0. The Morgan fingerprint density at radius 1 is 0.909 bits per heavy atom. The van der Waals surface area contributed by atoms with Crippen LogP contribution in [0.2, 0.25) is 10.0 Å². The van der Waals surface area contributed by atoms with Gasteiger partial charge >= 0.3 is 0 Å². The Balaban J connectivity index is 2.33. The van der Waals surface area contributed by atoms with Crippen molar-refractivity contribution in [3.8, 4) is 23.0 Å². The van der Waals surface area contributed by atoms with E-state index < -0.39 is 17.7 Å². The lowest BCUT2D eigenvalue weighted by Gasteiger charge is -2.15. The van der Waals surface area contributed by atoms with E-state index in [0.717, 1.165) is 0 Å². The highest BCUT2D eigenvalue weighted by Gasteiger charge is 2.25. The number of nitrogens with one attached hydrogen (secondary N) is 1. The van der Waals surface area contributed by atoms with Gasteiger partial charge in [-0.2, -0.15) is 10.2 Å². The fourth-order valence-corrected chi connectivity index (χ4v) is 3.17. The van der Waals surface area contributed by atoms with Crippen LogP contribution in [0.25, 0.3) is 0 Å². The lowest BCUT2D eigenvalue weighted by Crippen LogP contribution is -2.32. The molecule has 1 unspecified atom stereocenters. The Morgan fingerprint density at radius 2 is 1.52 bits per heavy atom. The third-order valence-corrected chi connectivity index (χ3v) is 4.87. The zero-order valence-electron chi connectivity index (χ0n) is 18.9. The second-order valence-electron chi connectivity index (χ2n) is 6.52. The zero-order valence-corrected chi connectivity index (χ0v) is 20.4. The summed E-state index contributed by atoms with van der Waals surface area (Å²) >= 11 is 12.4. The first-order valence-corrected chi connectivity index (χ1v) is 10.7. The van der Waals surface area contributed by atoms with Crippen LogP contribution in [0.1, 0.15) is 20.8 Å². The third-order valence-electron chi connectivity index (χ3n) is 4.26. The van der Waals surface area contributed by atoms with Crippen molar-refractivity contribution in [2.75, 3.05) is 32.8 Å². The molecule has 0 spiro atoms. The zero-order chi connectivity index (χ0) is 24.5. The van der Waals surface area contributed by atoms with E-state index >= 15 is 0 Å². The van der Waals surface area contributed by atoms with Crippen molar-refractivity contribution in [1.29, 1.82) is 0 Å². The molecule has 33 heavy (non-hydrogen) atoms. The molecule has 178 valence electrons. The highest BCUT2D eigenvalue weighted by Crippen LogP contribution is 2.38. The van der Waals surface area contributed by atoms with E-state index in [1.807, 2.05) is 13.8 Å². The molecule has 2 rings (SSSR count). The summed E-state index contributed by atoms with van der Waals surface area (Å²) in [5.74, 6) is 0.272. The summed E-state index contributed by atoms with van der Waals surface area (Å²) in [7, 11) is 2.89. The van der Waals surface area contributed by atoms with Gasteiger partial charge in [-0.25, -0.2) is 0 Å². The number of rotatable bonds is 11. The highest BCUT2D eigenvalue weighted by molar-refractivity contribution is 6.34. The van der Waals surface area contributed by atoms with Gasteiger partial charge in [0.1, 0.15) is 17.2 Å². The van der Waals surface area contributed by atoms with Crippen molar-refractivity contribution >= 4 is 46.3 Å². The van der Waals surface area contributed by atoms with Gasteiger partial charge < -0.3 is 24.3 Å². The van der Waals surface area contributed by atoms with Gasteiger partial charge in [0.25, 0.3) is 5.91 Å². The van der Waals surface area contributed by atoms with Gasteiger partial charge in [-0.05, 0) is 26.8 Å². The number of benzene rings is 2. The summed E-state index contributed by atoms with van der Waals surface area (Å²) in [5.41, 5.74) is 0.458. The molecule has 1 N–H and O–H groups in total. The number of methoxy groups -OCH3 is 2. The first-order valence-electron chi connectivity index (χ1n) is 9.98. The highest BCUT2D eigenvalue weighted by atomic mass is 35.5. The van der Waals surface area contributed by atoms with Crippen molar-refractivity contribution in [2.24, 2.45) is 10.2 Å². The molecule has 0 saturated carbocycles. The summed E-state index contributed by atoms with van der Waals surface area (Å²) in [6.45, 7) is 5.66. The molecule has 0 heterocycles. The molecule has 1 amide bonds. The van der Waals surface area contributed by atoms with Gasteiger partial charge in [-0.1, -0.05) is 23.2 Å². The van der Waals surface area contributed by atoms with Crippen LogP contribution >= 0.6 is 23.2 Å². The molecule has 2 aromatic carbocycles. The molecular weight excluding hydrogens is 473 g/mol. The number of hydrogen-bond donors (Lipinski definition) is 1. The molecule has 2 aromatic rings. The smallest absolute Gasteiger partial charge is 0.258 e. The number of nitrogens with zero attached hydrogens (tertiary/aromatic N) is 2. The number of amides is 1. The van der Waals surface area contributed by atoms with Crippen LogP contribution in [-0.4, -0.2) is 45.2 Å². The van der Waals surface area contributed by atoms with E-state index in [-0.39, 0.29) is 21.4 Å². The normalized spacial score (nSPS) is 11.7. The molecule has 0 fully saturated rings. The molecule has 0 aliphatic heterocycles. The monoisotopic (exact) mass is 497 g/mol. The first kappa shape index (κ1) is 26.2. The molecule has 0 aromatic heterocycles. The van der Waals surface area contributed by atoms with Crippen LogP contribution < -0.4 is 24.3 Å². The van der Waals surface area contributed by atoms with E-state index in [1.54, 1.807) is 0 Å². The summed E-state index contributed by atoms with van der Waals surface area (Å²) in [6.07, 6.45) is 0. The standard InChI is InChI=1S/C22H25Cl2N3O6/c1-6-32-19-9-13(23)15(10-20(19)33-7-2)25-22(29)21(12(3)28)27-26-16-8-14(24)17(30-4)11-18(16)31-5/h8-11,21H,6-7H2,1-5H3,(H,25,29). The summed E-state index contributed by atoms with van der Waals surface area (Å²) in [5, 5.41) is 11.0. The van der Waals surface area contributed by atoms with Crippen LogP contribution in [0.5, 0.6) is 23.0 Å². The maximum atomic E-state index is 12.8. The minimum atomic E-state index is -1.44. The number of ketones is 1. The predicted octanol–water partition coefficient (Wildman–Crippen LogP) is 5.49. The van der Waals surface area contributed by atoms with Gasteiger partial charge in [0, 0.05) is 18.2 Å². The number of azo groups is 1. The van der Waals surface area contributed by atoms with Crippen LogP contribution in [0.15, 0.2) is 34.5 Å². The van der Waals surface area contributed by atoms with Crippen molar-refractivity contribution < 1.29 is 28.5 Å². The summed E-state index contributed by atoms with van der Waals surface area (Å²) < 4.78 is 21.5. The Labute approximate surface area is 202 Å². The van der Waals surface area contributed by atoms with Gasteiger partial charge in [0.15, 0.2) is 17.3 Å². The molecular formula is C22H25Cl2N3O6. The van der Waals surface area contributed by atoms with Gasteiger partial charge in [0.05, 0.1) is 43.2 Å². The van der Waals surface area contributed by atoms with E-state index in [0.29, 0.717) is 36.2 Å². The van der Waals surface area contributed by atoms with Crippen LogP contribution in [-0.2, 0) is 9.59 Å². The molecule has 1 atom stereocenters. The Morgan fingerprint density at radius 3 is 2.06 bits per heavy atom. The Hall–Kier alpha value is -3.04. The van der Waals surface area contributed by atoms with Crippen molar-refractivity contribution in [2.45, 2.75) is 26.8 Å². The van der Waals surface area contributed by atoms with Crippen molar-refractivity contribution in [1.82, 2.24) is 0 Å². The van der Waals surface area contributed by atoms with Crippen molar-refractivity contribution in [3.05, 3.63) is 34.3 Å². The van der Waals surface area contributed by atoms with Crippen molar-refractivity contribution in [3.63, 3.8) is 0 Å². The fourth-order valence-electron chi connectivity index (χ4n) is 2.73. The average molecular weight is 498 g/mol. The molecule has 9 nitrogen and oxygen atoms in total. The van der Waals surface area contributed by atoms with Gasteiger partial charge in [0.2, 0.25) is 6.04 Å². The third kappa shape index (κ3) is 6.72. The number of Topliss-reactive ketones (excluding diaryl/α,β-unsaturated/α-hetero) is 1. The number of hydrogen-bond acceptors (Lipinski definition) is 8. The fraction of sp³-hybridized carbons (Fsp3) is 0.364. The Bertz CT molecular complexity index is 1050. The molecule has 0 aliphatic rings. The van der Waals surface area contributed by atoms with E-state index in [4.69, 9.17) is 42.1 Å². The van der Waals surface area contributed by atoms with Crippen LogP contribution in [0.4, 0.5) is 11.4 Å². The SMILES string of the molecule is CCOc1cc(Cl)c(NC(=O)C(N=Nc2cc(Cl)c(OC)cc2OC)C(C)=O)cc1OCC. The predicted molar refractivity (Wildman–Crippen MR) is 126 cm³/mol. The maximum absolute atomic E-state index is 12.8. The van der Waals surface area contributed by atoms with Gasteiger partial charge in [-0.15, -0.1) is 0 Å². The molecule has 0 bridgehead atoms. The largest absolute Gasteiger partial charge is 0.495 e. The van der Waals surface area contributed by atoms with E-state index in [2.05, 4.69) is 15.5 Å². The molecule has 11 heteroatoms. The molecule has 0 saturated heterocycles. The van der Waals surface area contributed by atoms with E-state index in [1.165, 1.54) is 45.4 Å². The van der Waals surface area contributed by atoms with E-state index in [9.17, 15) is 9.59 Å². The number of halogens is 2. The Kier molecular flexibility index (Phi) is 9.74. The first-order chi connectivity index (χ1) is 15.7. The second kappa shape index (κ2) is 12.3. The minimum Gasteiger partial charge on any atom is -0.495 e. The van der Waals surface area contributed by atoms with Crippen LogP contribution in [0, 0.1) is 0 Å². The van der Waals surface area contributed by atoms with Gasteiger partial charge in [-0.3, -0.25) is 9.59 Å². The summed E-state index contributed by atoms with van der Waals surface area (Å²) in [6, 6.07) is 4.59. The molecule has 0 aliphatic carbocycles. The lowest BCUT2D eigenvalue weighted by molar-refractivity contribution is -0.126. The molecule has 0 radical (unpaired) electrons.